The molecule has 2 unspecified atom stereocenters. The maximum Gasteiger partial charge on any atom is 0.198 e. The lowest BCUT2D eigenvalue weighted by Crippen LogP contribution is -2.30. The number of rotatable bonds is 4. The van der Waals surface area contributed by atoms with Crippen molar-refractivity contribution in [3.63, 3.8) is 0 Å². The van der Waals surface area contributed by atoms with Gasteiger partial charge in [0.25, 0.3) is 0 Å². The minimum atomic E-state index is 0.397. The molecule has 2 aromatic rings. The fourth-order valence-electron chi connectivity index (χ4n) is 3.27. The normalized spacial score (nSPS) is 26.1. The highest BCUT2D eigenvalue weighted by Crippen LogP contribution is 2.40. The molecule has 0 radical (unpaired) electrons. The number of hydrogen-bond acceptors (Lipinski definition) is 4. The number of hydrogen-bond donors (Lipinski definition) is 1. The van der Waals surface area contributed by atoms with Crippen LogP contribution in [-0.4, -0.2) is 24.2 Å². The molecule has 112 valence electrons. The van der Waals surface area contributed by atoms with Crippen molar-refractivity contribution in [2.45, 2.75) is 56.6 Å². The third-order valence-electron chi connectivity index (χ3n) is 4.66. The van der Waals surface area contributed by atoms with Crippen LogP contribution in [0.4, 0.5) is 5.69 Å². The van der Waals surface area contributed by atoms with Gasteiger partial charge in [0.05, 0.1) is 6.10 Å². The Morgan fingerprint density at radius 2 is 2.14 bits per heavy atom. The molecule has 0 saturated heterocycles. The first kappa shape index (κ1) is 13.1. The Bertz CT molecular complexity index is 633. The van der Waals surface area contributed by atoms with E-state index in [1.165, 1.54) is 32.1 Å². The Labute approximate surface area is 124 Å². The number of nitrogens with zero attached hydrogens (tertiary/aromatic N) is 1. The number of anilines is 1. The second-order valence-electron chi connectivity index (χ2n) is 6.37. The number of fused-ring (bicyclic) bond motifs is 1. The molecule has 1 aromatic carbocycles. The molecule has 4 nitrogen and oxygen atoms in total. The van der Waals surface area contributed by atoms with Gasteiger partial charge in [0.1, 0.15) is 5.52 Å². The molecule has 0 spiro atoms. The van der Waals surface area contributed by atoms with Crippen LogP contribution in [0.3, 0.4) is 0 Å². The third-order valence-corrected chi connectivity index (χ3v) is 4.66. The van der Waals surface area contributed by atoms with E-state index in [0.29, 0.717) is 18.1 Å². The van der Waals surface area contributed by atoms with Gasteiger partial charge in [-0.25, -0.2) is 4.98 Å². The summed E-state index contributed by atoms with van der Waals surface area (Å²) in [5.41, 5.74) is 3.02. The predicted octanol–water partition coefficient (Wildman–Crippen LogP) is 4.07. The summed E-state index contributed by atoms with van der Waals surface area (Å²) >= 11 is 0. The first-order chi connectivity index (χ1) is 10.3. The SMILES string of the molecule is COC1CCCC(Nc2ccc3oc(C4CC4)nc3c2)C1. The molecular weight excluding hydrogens is 264 g/mol. The van der Waals surface area contributed by atoms with Crippen LogP contribution in [0.5, 0.6) is 0 Å². The molecule has 2 aliphatic carbocycles. The van der Waals surface area contributed by atoms with E-state index in [1.807, 2.05) is 13.2 Å². The van der Waals surface area contributed by atoms with Crippen LogP contribution < -0.4 is 5.32 Å². The molecule has 2 aliphatic rings. The smallest absolute Gasteiger partial charge is 0.198 e. The number of methoxy groups -OCH3 is 1. The van der Waals surface area contributed by atoms with Crippen molar-refractivity contribution in [1.82, 2.24) is 4.98 Å². The minimum Gasteiger partial charge on any atom is -0.440 e. The van der Waals surface area contributed by atoms with Crippen molar-refractivity contribution in [3.8, 4) is 0 Å². The van der Waals surface area contributed by atoms with Crippen molar-refractivity contribution in [1.29, 1.82) is 0 Å². The summed E-state index contributed by atoms with van der Waals surface area (Å²) in [6.07, 6.45) is 7.55. The Morgan fingerprint density at radius 3 is 2.95 bits per heavy atom. The lowest BCUT2D eigenvalue weighted by atomic mass is 9.92. The minimum absolute atomic E-state index is 0.397. The quantitative estimate of drug-likeness (QED) is 0.920. The number of oxazole rings is 1. The second-order valence-corrected chi connectivity index (χ2v) is 6.37. The van der Waals surface area contributed by atoms with Crippen molar-refractivity contribution in [2.24, 2.45) is 0 Å². The summed E-state index contributed by atoms with van der Waals surface area (Å²) in [7, 11) is 1.81. The molecule has 2 fully saturated rings. The second kappa shape index (κ2) is 5.34. The zero-order chi connectivity index (χ0) is 14.2. The Hall–Kier alpha value is -1.55. The molecule has 1 heterocycles. The average Bonchev–Trinajstić information content (AvgIpc) is 3.27. The monoisotopic (exact) mass is 286 g/mol. The highest BCUT2D eigenvalue weighted by Gasteiger charge is 2.29. The molecule has 2 saturated carbocycles. The highest BCUT2D eigenvalue weighted by atomic mass is 16.5. The van der Waals surface area contributed by atoms with Crippen LogP contribution in [0.15, 0.2) is 22.6 Å². The van der Waals surface area contributed by atoms with Crippen LogP contribution in [0, 0.1) is 0 Å². The lowest BCUT2D eigenvalue weighted by Gasteiger charge is -2.29. The first-order valence-electron chi connectivity index (χ1n) is 8.01. The summed E-state index contributed by atoms with van der Waals surface area (Å²) in [6.45, 7) is 0. The maximum absolute atomic E-state index is 5.81. The van der Waals surface area contributed by atoms with Crippen LogP contribution >= 0.6 is 0 Å². The molecule has 1 N–H and O–H groups in total. The van der Waals surface area contributed by atoms with Gasteiger partial charge in [-0.2, -0.15) is 0 Å². The molecule has 2 atom stereocenters. The Morgan fingerprint density at radius 1 is 1.24 bits per heavy atom. The average molecular weight is 286 g/mol. The van der Waals surface area contributed by atoms with E-state index in [4.69, 9.17) is 9.15 Å². The summed E-state index contributed by atoms with van der Waals surface area (Å²) in [4.78, 5) is 4.63. The van der Waals surface area contributed by atoms with Crippen molar-refractivity contribution in [3.05, 3.63) is 24.1 Å². The van der Waals surface area contributed by atoms with E-state index in [0.717, 1.165) is 29.1 Å². The number of nitrogens with one attached hydrogen (secondary N) is 1. The molecule has 21 heavy (non-hydrogen) atoms. The summed E-state index contributed by atoms with van der Waals surface area (Å²) in [5, 5.41) is 3.63. The van der Waals surface area contributed by atoms with Crippen molar-refractivity contribution >= 4 is 16.8 Å². The van der Waals surface area contributed by atoms with Crippen LogP contribution in [0.2, 0.25) is 0 Å². The molecule has 4 rings (SSSR count). The van der Waals surface area contributed by atoms with Crippen LogP contribution in [-0.2, 0) is 4.74 Å². The van der Waals surface area contributed by atoms with Gasteiger partial charge >= 0.3 is 0 Å². The molecule has 0 aliphatic heterocycles. The van der Waals surface area contributed by atoms with Crippen molar-refractivity contribution in [2.75, 3.05) is 12.4 Å². The van der Waals surface area contributed by atoms with Gasteiger partial charge in [0.15, 0.2) is 11.5 Å². The summed E-state index contributed by atoms with van der Waals surface area (Å²) < 4.78 is 11.3. The van der Waals surface area contributed by atoms with E-state index >= 15 is 0 Å². The van der Waals surface area contributed by atoms with Gasteiger partial charge in [0.2, 0.25) is 0 Å². The fraction of sp³-hybridized carbons (Fsp3) is 0.588. The molecule has 0 amide bonds. The van der Waals surface area contributed by atoms with E-state index < -0.39 is 0 Å². The van der Waals surface area contributed by atoms with Crippen molar-refractivity contribution < 1.29 is 9.15 Å². The summed E-state index contributed by atoms with van der Waals surface area (Å²) in [5.74, 6) is 1.48. The van der Waals surface area contributed by atoms with E-state index in [9.17, 15) is 0 Å². The molecular formula is C17H22N2O2. The van der Waals surface area contributed by atoms with Gasteiger partial charge in [-0.05, 0) is 56.7 Å². The zero-order valence-corrected chi connectivity index (χ0v) is 12.5. The number of aromatic nitrogens is 1. The van der Waals surface area contributed by atoms with Gasteiger partial charge in [0, 0.05) is 24.8 Å². The topological polar surface area (TPSA) is 47.3 Å². The van der Waals surface area contributed by atoms with Gasteiger partial charge in [-0.1, -0.05) is 0 Å². The summed E-state index contributed by atoms with van der Waals surface area (Å²) in [6, 6.07) is 6.74. The predicted molar refractivity (Wildman–Crippen MR) is 82.7 cm³/mol. The Kier molecular flexibility index (Phi) is 3.34. The van der Waals surface area contributed by atoms with Crippen LogP contribution in [0.25, 0.3) is 11.1 Å². The first-order valence-corrected chi connectivity index (χ1v) is 8.01. The number of ether oxygens (including phenoxy) is 1. The van der Waals surface area contributed by atoms with Gasteiger partial charge < -0.3 is 14.5 Å². The Balaban J connectivity index is 1.50. The molecule has 1 aromatic heterocycles. The third kappa shape index (κ3) is 2.77. The maximum atomic E-state index is 5.81. The largest absolute Gasteiger partial charge is 0.440 e. The molecule has 0 bridgehead atoms. The van der Waals surface area contributed by atoms with E-state index in [1.54, 1.807) is 0 Å². The zero-order valence-electron chi connectivity index (χ0n) is 12.5. The highest BCUT2D eigenvalue weighted by molar-refractivity contribution is 5.77. The van der Waals surface area contributed by atoms with Gasteiger partial charge in [-0.15, -0.1) is 0 Å². The lowest BCUT2D eigenvalue weighted by molar-refractivity contribution is 0.0669. The number of benzene rings is 1. The van der Waals surface area contributed by atoms with Gasteiger partial charge in [-0.3, -0.25) is 0 Å². The standard InChI is InChI=1S/C17H22N2O2/c1-20-14-4-2-3-12(9-14)18-13-7-8-16-15(10-13)19-17(21-16)11-5-6-11/h7-8,10-12,14,18H,2-6,9H2,1H3. The van der Waals surface area contributed by atoms with E-state index in [2.05, 4.69) is 22.4 Å². The fourth-order valence-corrected chi connectivity index (χ4v) is 3.27. The van der Waals surface area contributed by atoms with E-state index in [-0.39, 0.29) is 0 Å². The van der Waals surface area contributed by atoms with Crippen LogP contribution in [0.1, 0.15) is 50.3 Å². The molecule has 4 heteroatoms.